The Morgan fingerprint density at radius 2 is 2.05 bits per heavy atom. The Morgan fingerprint density at radius 1 is 1.25 bits per heavy atom. The van der Waals surface area contributed by atoms with Crippen molar-refractivity contribution < 1.29 is 4.39 Å². The summed E-state index contributed by atoms with van der Waals surface area (Å²) >= 11 is 0. The van der Waals surface area contributed by atoms with Crippen molar-refractivity contribution in [1.29, 1.82) is 0 Å². The zero-order valence-corrected chi connectivity index (χ0v) is 11.4. The molecule has 0 atom stereocenters. The van der Waals surface area contributed by atoms with E-state index in [1.54, 1.807) is 6.07 Å². The molecule has 5 heteroatoms. The molecule has 1 saturated heterocycles. The van der Waals surface area contributed by atoms with Gasteiger partial charge in [0.25, 0.3) is 0 Å². The first-order valence-electron chi connectivity index (χ1n) is 6.79. The fourth-order valence-electron chi connectivity index (χ4n) is 2.44. The number of hydrogen-bond acceptors (Lipinski definition) is 4. The second kappa shape index (κ2) is 5.54. The highest BCUT2D eigenvalue weighted by atomic mass is 19.1. The van der Waals surface area contributed by atoms with Crippen molar-refractivity contribution in [3.05, 3.63) is 42.0 Å². The molecule has 0 bridgehead atoms. The van der Waals surface area contributed by atoms with Gasteiger partial charge in [-0.05, 0) is 19.1 Å². The first-order valence-corrected chi connectivity index (χ1v) is 6.79. The van der Waals surface area contributed by atoms with Crippen LogP contribution in [0.5, 0.6) is 0 Å². The number of nitrogens with zero attached hydrogens (tertiary/aromatic N) is 3. The van der Waals surface area contributed by atoms with Gasteiger partial charge in [-0.3, -0.25) is 0 Å². The number of aryl methyl sites for hydroxylation is 1. The molecule has 1 aromatic heterocycles. The number of benzene rings is 1. The number of halogens is 1. The normalized spacial score (nSPS) is 15.4. The lowest BCUT2D eigenvalue weighted by Crippen LogP contribution is -2.43. The number of hydrogen-bond donors (Lipinski definition) is 1. The zero-order valence-electron chi connectivity index (χ0n) is 11.4. The quantitative estimate of drug-likeness (QED) is 0.908. The van der Waals surface area contributed by atoms with Gasteiger partial charge in [-0.2, -0.15) is 0 Å². The molecule has 4 nitrogen and oxygen atoms in total. The van der Waals surface area contributed by atoms with Gasteiger partial charge < -0.3 is 10.2 Å². The molecule has 0 spiro atoms. The summed E-state index contributed by atoms with van der Waals surface area (Å²) in [5.41, 5.74) is 2.70. The first kappa shape index (κ1) is 13.0. The van der Waals surface area contributed by atoms with Crippen molar-refractivity contribution in [2.75, 3.05) is 31.1 Å². The third-order valence-corrected chi connectivity index (χ3v) is 3.49. The average Bonchev–Trinajstić information content (AvgIpc) is 2.48. The molecule has 0 saturated carbocycles. The minimum atomic E-state index is -0.269. The fraction of sp³-hybridized carbons (Fsp3) is 0.333. The Kier molecular flexibility index (Phi) is 3.60. The Balaban J connectivity index is 1.90. The van der Waals surface area contributed by atoms with Crippen LogP contribution in [0.4, 0.5) is 10.1 Å². The molecule has 1 fully saturated rings. The lowest BCUT2D eigenvalue weighted by Gasteiger charge is -2.30. The minimum Gasteiger partial charge on any atom is -0.366 e. The molecular formula is C15H17FN4. The summed E-state index contributed by atoms with van der Waals surface area (Å²) in [5, 5.41) is 3.32. The van der Waals surface area contributed by atoms with Gasteiger partial charge in [0, 0.05) is 31.7 Å². The minimum absolute atomic E-state index is 0.269. The van der Waals surface area contributed by atoms with Crippen molar-refractivity contribution in [3.63, 3.8) is 0 Å². The fourth-order valence-corrected chi connectivity index (χ4v) is 2.44. The predicted octanol–water partition coefficient (Wildman–Crippen LogP) is 2.00. The van der Waals surface area contributed by atoms with Crippen LogP contribution >= 0.6 is 0 Å². The molecule has 0 aliphatic carbocycles. The Labute approximate surface area is 117 Å². The Morgan fingerprint density at radius 3 is 2.75 bits per heavy atom. The van der Waals surface area contributed by atoms with Crippen LogP contribution in [-0.4, -0.2) is 36.1 Å². The van der Waals surface area contributed by atoms with Crippen LogP contribution in [-0.2, 0) is 0 Å². The molecule has 104 valence electrons. The van der Waals surface area contributed by atoms with E-state index < -0.39 is 0 Å². The van der Waals surface area contributed by atoms with E-state index >= 15 is 0 Å². The van der Waals surface area contributed by atoms with Gasteiger partial charge >= 0.3 is 0 Å². The number of rotatable bonds is 2. The number of piperazine rings is 1. The van der Waals surface area contributed by atoms with E-state index in [1.807, 2.05) is 19.2 Å². The summed E-state index contributed by atoms with van der Waals surface area (Å²) in [6.45, 7) is 5.85. The molecule has 3 rings (SSSR count). The highest BCUT2D eigenvalue weighted by molar-refractivity contribution is 5.58. The summed E-state index contributed by atoms with van der Waals surface area (Å²) in [5.74, 6) is 0.302. The summed E-state index contributed by atoms with van der Waals surface area (Å²) in [4.78, 5) is 11.2. The molecule has 0 radical (unpaired) electrons. The maximum Gasteiger partial charge on any atom is 0.159 e. The summed E-state index contributed by atoms with van der Waals surface area (Å²) in [7, 11) is 0. The molecule has 2 heterocycles. The van der Waals surface area contributed by atoms with Gasteiger partial charge in [-0.1, -0.05) is 12.1 Å². The molecule has 1 aliphatic heterocycles. The van der Waals surface area contributed by atoms with Gasteiger partial charge in [0.05, 0.1) is 17.6 Å². The van der Waals surface area contributed by atoms with Gasteiger partial charge in [0.15, 0.2) is 5.82 Å². The van der Waals surface area contributed by atoms with E-state index in [9.17, 15) is 4.39 Å². The van der Waals surface area contributed by atoms with Crippen LogP contribution < -0.4 is 10.2 Å². The molecule has 0 unspecified atom stereocenters. The van der Waals surface area contributed by atoms with Gasteiger partial charge in [-0.15, -0.1) is 0 Å². The largest absolute Gasteiger partial charge is 0.366 e. The molecule has 2 aromatic rings. The topological polar surface area (TPSA) is 41.1 Å². The molecule has 1 aliphatic rings. The first-order chi connectivity index (χ1) is 9.74. The lowest BCUT2D eigenvalue weighted by atomic mass is 10.2. The van der Waals surface area contributed by atoms with Crippen LogP contribution in [0.15, 0.2) is 30.5 Å². The van der Waals surface area contributed by atoms with Crippen molar-refractivity contribution >= 4 is 5.69 Å². The standard InChI is InChI=1S/C15H17FN4/c1-11-14(20-7-5-17-6-8-20)10-18-15(19-11)12-3-2-4-13(16)9-12/h2-4,9-10,17H,5-8H2,1H3. The van der Waals surface area contributed by atoms with Crippen LogP contribution in [0, 0.1) is 12.7 Å². The average molecular weight is 272 g/mol. The van der Waals surface area contributed by atoms with Crippen molar-refractivity contribution in [3.8, 4) is 11.4 Å². The zero-order chi connectivity index (χ0) is 13.9. The van der Waals surface area contributed by atoms with E-state index in [-0.39, 0.29) is 5.82 Å². The van der Waals surface area contributed by atoms with Crippen LogP contribution in [0.2, 0.25) is 0 Å². The van der Waals surface area contributed by atoms with E-state index in [2.05, 4.69) is 20.2 Å². The molecule has 0 amide bonds. The van der Waals surface area contributed by atoms with E-state index in [1.165, 1.54) is 12.1 Å². The maximum absolute atomic E-state index is 13.3. The van der Waals surface area contributed by atoms with Crippen molar-refractivity contribution in [2.45, 2.75) is 6.92 Å². The molecule has 1 N–H and O–H groups in total. The van der Waals surface area contributed by atoms with Crippen LogP contribution in [0.1, 0.15) is 5.69 Å². The molecule has 20 heavy (non-hydrogen) atoms. The summed E-state index contributed by atoms with van der Waals surface area (Å²) in [6.07, 6.45) is 1.84. The van der Waals surface area contributed by atoms with Gasteiger partial charge in [0.2, 0.25) is 0 Å². The van der Waals surface area contributed by atoms with E-state index in [4.69, 9.17) is 0 Å². The summed E-state index contributed by atoms with van der Waals surface area (Å²) in [6, 6.07) is 6.38. The number of nitrogens with one attached hydrogen (secondary N) is 1. The predicted molar refractivity (Wildman–Crippen MR) is 77.2 cm³/mol. The Bertz CT molecular complexity index is 609. The monoisotopic (exact) mass is 272 g/mol. The number of aromatic nitrogens is 2. The molecular weight excluding hydrogens is 255 g/mol. The molecule has 1 aromatic carbocycles. The number of anilines is 1. The van der Waals surface area contributed by atoms with E-state index in [0.29, 0.717) is 11.4 Å². The smallest absolute Gasteiger partial charge is 0.159 e. The van der Waals surface area contributed by atoms with Crippen molar-refractivity contribution in [1.82, 2.24) is 15.3 Å². The third-order valence-electron chi connectivity index (χ3n) is 3.49. The highest BCUT2D eigenvalue weighted by Gasteiger charge is 2.14. The maximum atomic E-state index is 13.3. The lowest BCUT2D eigenvalue weighted by molar-refractivity contribution is 0.587. The third kappa shape index (κ3) is 2.63. The highest BCUT2D eigenvalue weighted by Crippen LogP contribution is 2.22. The van der Waals surface area contributed by atoms with Crippen LogP contribution in [0.25, 0.3) is 11.4 Å². The summed E-state index contributed by atoms with van der Waals surface area (Å²) < 4.78 is 13.3. The van der Waals surface area contributed by atoms with Crippen molar-refractivity contribution in [2.24, 2.45) is 0 Å². The SMILES string of the molecule is Cc1nc(-c2cccc(F)c2)ncc1N1CCNCC1. The van der Waals surface area contributed by atoms with Gasteiger partial charge in [0.1, 0.15) is 5.82 Å². The second-order valence-electron chi connectivity index (χ2n) is 4.91. The Hall–Kier alpha value is -2.01. The van der Waals surface area contributed by atoms with Gasteiger partial charge in [-0.25, -0.2) is 14.4 Å². The van der Waals surface area contributed by atoms with E-state index in [0.717, 1.165) is 37.6 Å². The second-order valence-corrected chi connectivity index (χ2v) is 4.91. The van der Waals surface area contributed by atoms with Crippen LogP contribution in [0.3, 0.4) is 0 Å².